The van der Waals surface area contributed by atoms with Gasteiger partial charge in [0.2, 0.25) is 0 Å². The van der Waals surface area contributed by atoms with Gasteiger partial charge < -0.3 is 0 Å². The number of hydrogen-bond donors (Lipinski definition) is 0. The number of carbonyl (C=O) groups excluding carboxylic acids is 1. The van der Waals surface area contributed by atoms with Gasteiger partial charge in [0.1, 0.15) is 0 Å². The van der Waals surface area contributed by atoms with Crippen LogP contribution in [0.1, 0.15) is 34.0 Å². The van der Waals surface area contributed by atoms with Crippen LogP contribution in [0.15, 0.2) is 91.0 Å². The molecule has 3 heteroatoms. The van der Waals surface area contributed by atoms with Gasteiger partial charge in [-0.05, 0) is 0 Å². The number of hydrogen-bond acceptors (Lipinski definition) is 2. The van der Waals surface area contributed by atoms with Crippen molar-refractivity contribution < 1.29 is 9.93 Å². The fourth-order valence-electron chi connectivity index (χ4n) is 4.45. The van der Waals surface area contributed by atoms with Crippen molar-refractivity contribution >= 4 is 32.6 Å². The average Bonchev–Trinajstić information content (AvgIpc) is 2.80. The van der Waals surface area contributed by atoms with Gasteiger partial charge in [0.05, 0.1) is 0 Å². The van der Waals surface area contributed by atoms with Crippen LogP contribution in [0.25, 0.3) is 0 Å². The normalized spacial score (nSPS) is 22.7. The van der Waals surface area contributed by atoms with Gasteiger partial charge in [0.25, 0.3) is 0 Å². The maximum atomic E-state index is 12.6. The molecule has 148 valence electrons. The Kier molecular flexibility index (Phi) is 5.91. The third-order valence-electron chi connectivity index (χ3n) is 5.86. The van der Waals surface area contributed by atoms with Crippen molar-refractivity contribution in [3.05, 3.63) is 91.0 Å². The molecule has 1 fully saturated rings. The zero-order valence-corrected chi connectivity index (χ0v) is 19.0. The van der Waals surface area contributed by atoms with Gasteiger partial charge in [-0.25, -0.2) is 0 Å². The van der Waals surface area contributed by atoms with E-state index in [-0.39, 0.29) is 5.78 Å². The van der Waals surface area contributed by atoms with E-state index in [1.165, 1.54) is 13.2 Å². The standard InChI is InChI=1S/C26H28GeO2/c1-21(28)25-19-11-12-20-26(25)29-27(22-13-5-2-6-14-22,23-15-7-3-8-16-23)24-17-9-4-10-18-24/h2-10,13-18,25-26H,11-12,19-20H2,1H3/i25D. The van der Waals surface area contributed by atoms with Gasteiger partial charge in [0, 0.05) is 0 Å². The van der Waals surface area contributed by atoms with Crippen molar-refractivity contribution in [2.24, 2.45) is 5.89 Å². The molecule has 0 heterocycles. The summed E-state index contributed by atoms with van der Waals surface area (Å²) in [6, 6.07) is 31.4. The SMILES string of the molecule is [2H]C1(C(C)=O)CCCCC1[O][Ge]([c]1ccccc1)([c]1ccccc1)[c]1ccccc1. The Morgan fingerprint density at radius 2 is 1.21 bits per heavy atom. The number of ketones is 1. The van der Waals surface area contributed by atoms with Crippen LogP contribution < -0.4 is 13.2 Å². The van der Waals surface area contributed by atoms with Crippen LogP contribution in [-0.2, 0) is 8.56 Å². The van der Waals surface area contributed by atoms with E-state index in [9.17, 15) is 4.79 Å². The molecular weight excluding hydrogens is 417 g/mol. The van der Waals surface area contributed by atoms with Crippen molar-refractivity contribution in [2.75, 3.05) is 0 Å². The van der Waals surface area contributed by atoms with Crippen molar-refractivity contribution in [1.29, 1.82) is 0 Å². The topological polar surface area (TPSA) is 26.3 Å². The summed E-state index contributed by atoms with van der Waals surface area (Å²) in [6.45, 7) is 1.55. The predicted octanol–water partition coefficient (Wildman–Crippen LogP) is 3.82. The van der Waals surface area contributed by atoms with E-state index >= 15 is 0 Å². The fourth-order valence-corrected chi connectivity index (χ4v) is 13.0. The molecule has 3 aromatic rings. The third kappa shape index (κ3) is 4.10. The zero-order chi connectivity index (χ0) is 21.0. The summed E-state index contributed by atoms with van der Waals surface area (Å²) < 4.78 is 19.8. The van der Waals surface area contributed by atoms with E-state index in [0.29, 0.717) is 6.42 Å². The Balaban J connectivity index is 1.94. The van der Waals surface area contributed by atoms with Gasteiger partial charge in [-0.3, -0.25) is 0 Å². The van der Waals surface area contributed by atoms with Gasteiger partial charge >= 0.3 is 178 Å². The monoisotopic (exact) mass is 447 g/mol. The van der Waals surface area contributed by atoms with Crippen molar-refractivity contribution in [2.45, 2.75) is 38.7 Å². The van der Waals surface area contributed by atoms with Crippen LogP contribution in [0.3, 0.4) is 0 Å². The molecular formula is C26H28GeO2. The van der Waals surface area contributed by atoms with Gasteiger partial charge in [-0.1, -0.05) is 0 Å². The molecule has 0 N–H and O–H groups in total. The molecule has 3 aromatic carbocycles. The predicted molar refractivity (Wildman–Crippen MR) is 121 cm³/mol. The maximum absolute atomic E-state index is 12.6. The first-order valence-electron chi connectivity index (χ1n) is 10.9. The quantitative estimate of drug-likeness (QED) is 0.539. The van der Waals surface area contributed by atoms with E-state index in [1.807, 2.05) is 18.2 Å². The van der Waals surface area contributed by atoms with Crippen molar-refractivity contribution in [1.82, 2.24) is 0 Å². The molecule has 0 bridgehead atoms. The number of rotatable bonds is 6. The Bertz CT molecular complexity index is 881. The third-order valence-corrected chi connectivity index (χ3v) is 14.4. The van der Waals surface area contributed by atoms with Gasteiger partial charge in [0.15, 0.2) is 0 Å². The first kappa shape index (κ1) is 18.8. The molecule has 0 spiro atoms. The molecule has 2 unspecified atom stereocenters. The molecule has 2 nitrogen and oxygen atoms in total. The number of Topliss-reactive ketones (excluding diaryl/α,β-unsaturated/α-hetero) is 1. The fraction of sp³-hybridized carbons (Fsp3) is 0.269. The summed E-state index contributed by atoms with van der Waals surface area (Å²) in [7, 11) is 0. The second kappa shape index (κ2) is 9.10. The minimum absolute atomic E-state index is 0.0855. The second-order valence-electron chi connectivity index (χ2n) is 7.71. The van der Waals surface area contributed by atoms with Crippen LogP contribution in [-0.4, -0.2) is 25.5 Å². The second-order valence-corrected chi connectivity index (χ2v) is 14.7. The summed E-state index contributed by atoms with van der Waals surface area (Å²) in [5, 5.41) is 0. The molecule has 0 amide bonds. The molecule has 4 rings (SSSR count). The molecule has 0 radical (unpaired) electrons. The molecule has 1 saturated carbocycles. The van der Waals surface area contributed by atoms with E-state index in [0.717, 1.165) is 19.3 Å². The average molecular weight is 446 g/mol. The first-order chi connectivity index (χ1) is 14.6. The van der Waals surface area contributed by atoms with Gasteiger partial charge in [-0.2, -0.15) is 0 Å². The molecule has 2 atom stereocenters. The zero-order valence-electron chi connectivity index (χ0n) is 17.9. The number of benzene rings is 3. The van der Waals surface area contributed by atoms with E-state index < -0.39 is 25.6 Å². The van der Waals surface area contributed by atoms with Crippen LogP contribution in [0.4, 0.5) is 0 Å². The molecule has 0 saturated heterocycles. The minimum atomic E-state index is -3.63. The molecule has 29 heavy (non-hydrogen) atoms. The van der Waals surface area contributed by atoms with E-state index in [2.05, 4.69) is 72.8 Å². The Labute approximate surface area is 178 Å². The van der Waals surface area contributed by atoms with Crippen LogP contribution in [0, 0.1) is 5.89 Å². The Morgan fingerprint density at radius 1 is 0.793 bits per heavy atom. The summed E-state index contributed by atoms with van der Waals surface area (Å²) in [4.78, 5) is 12.6. The van der Waals surface area contributed by atoms with Crippen LogP contribution in [0.5, 0.6) is 0 Å². The van der Waals surface area contributed by atoms with E-state index in [4.69, 9.17) is 5.13 Å². The van der Waals surface area contributed by atoms with Gasteiger partial charge in [-0.15, -0.1) is 0 Å². The van der Waals surface area contributed by atoms with Crippen molar-refractivity contribution in [3.8, 4) is 0 Å². The van der Waals surface area contributed by atoms with E-state index in [1.54, 1.807) is 6.92 Å². The first-order valence-corrected chi connectivity index (χ1v) is 14.4. The van der Waals surface area contributed by atoms with Crippen LogP contribution >= 0.6 is 0 Å². The summed E-state index contributed by atoms with van der Waals surface area (Å²) in [6.07, 6.45) is 2.83. The van der Waals surface area contributed by atoms with Crippen LogP contribution in [0.2, 0.25) is 0 Å². The Hall–Kier alpha value is -2.17. The summed E-state index contributed by atoms with van der Waals surface area (Å²) in [5.41, 5.74) is 0. The summed E-state index contributed by atoms with van der Waals surface area (Å²) in [5.74, 6) is -1.26. The summed E-state index contributed by atoms with van der Waals surface area (Å²) >= 11 is -3.63. The Morgan fingerprint density at radius 3 is 1.62 bits per heavy atom. The molecule has 0 aromatic heterocycles. The molecule has 1 aliphatic carbocycles. The molecule has 1 aliphatic rings. The molecule has 0 aliphatic heterocycles. The number of carbonyl (C=O) groups is 1. The van der Waals surface area contributed by atoms with Crippen molar-refractivity contribution in [3.63, 3.8) is 0 Å².